The van der Waals surface area contributed by atoms with Gasteiger partial charge in [-0.1, -0.05) is 13.3 Å². The fourth-order valence-electron chi connectivity index (χ4n) is 5.63. The molecular weight excluding hydrogens is 360 g/mol. The monoisotopic (exact) mass is 386 g/mol. The van der Waals surface area contributed by atoms with Gasteiger partial charge in [-0.05, 0) is 68.3 Å². The van der Waals surface area contributed by atoms with Crippen LogP contribution in [0, 0.1) is 49.8 Å². The van der Waals surface area contributed by atoms with Gasteiger partial charge < -0.3 is 0 Å². The number of nitrogens with zero attached hydrogens (tertiary/aromatic N) is 3. The minimum absolute atomic E-state index is 0.202. The maximum atomic E-state index is 11.4. The van der Waals surface area contributed by atoms with Crippen molar-refractivity contribution in [2.45, 2.75) is 51.9 Å². The molecule has 3 saturated carbocycles. The van der Waals surface area contributed by atoms with Gasteiger partial charge in [0, 0.05) is 17.7 Å². The molecular formula is C20H26N4O4. The van der Waals surface area contributed by atoms with E-state index in [1.807, 2.05) is 0 Å². The zero-order chi connectivity index (χ0) is 19.8. The molecule has 4 rings (SSSR count). The minimum Gasteiger partial charge on any atom is -0.272 e. The summed E-state index contributed by atoms with van der Waals surface area (Å²) in [5, 5.41) is 26.9. The van der Waals surface area contributed by atoms with Crippen LogP contribution >= 0.6 is 0 Å². The Balaban J connectivity index is 1.57. The predicted octanol–water partition coefficient (Wildman–Crippen LogP) is 5.14. The van der Waals surface area contributed by atoms with Crippen molar-refractivity contribution in [2.24, 2.45) is 34.7 Å². The fourth-order valence-corrected chi connectivity index (χ4v) is 5.63. The molecule has 28 heavy (non-hydrogen) atoms. The molecule has 150 valence electrons. The van der Waals surface area contributed by atoms with Crippen LogP contribution in [0.1, 0.15) is 51.9 Å². The van der Waals surface area contributed by atoms with Gasteiger partial charge in [-0.25, -0.2) is 0 Å². The maximum absolute atomic E-state index is 11.4. The number of hydrogen-bond donors (Lipinski definition) is 1. The average molecular weight is 386 g/mol. The molecule has 2 bridgehead atoms. The molecule has 8 heteroatoms. The molecule has 3 aliphatic rings. The molecule has 0 radical (unpaired) electrons. The first-order valence-corrected chi connectivity index (χ1v) is 10.2. The second-order valence-corrected chi connectivity index (χ2v) is 8.76. The van der Waals surface area contributed by atoms with Crippen LogP contribution < -0.4 is 5.43 Å². The van der Waals surface area contributed by atoms with E-state index in [1.165, 1.54) is 44.2 Å². The Morgan fingerprint density at radius 2 is 1.89 bits per heavy atom. The van der Waals surface area contributed by atoms with Crippen LogP contribution in [0.4, 0.5) is 17.1 Å². The van der Waals surface area contributed by atoms with E-state index in [1.54, 1.807) is 0 Å². The second-order valence-electron chi connectivity index (χ2n) is 8.76. The van der Waals surface area contributed by atoms with E-state index < -0.39 is 9.85 Å². The summed E-state index contributed by atoms with van der Waals surface area (Å²) in [6.07, 6.45) is 8.59. The standard InChI is InChI=1S/C20H26N4O4/c1-12-2-6-16(17-10-13-3-4-14(17)9-13)19(8-12)22-21-18-7-5-15(23(25)26)11-20(18)24(27)28/h5,7,11-14,16-17,21H,2-4,6,8-10H2,1H3/b22-19-/t12-,13-,14-,16+,17-/m1/s1. The van der Waals surface area contributed by atoms with Crippen LogP contribution in [0.5, 0.6) is 0 Å². The summed E-state index contributed by atoms with van der Waals surface area (Å²) in [5.41, 5.74) is 3.57. The minimum atomic E-state index is -0.628. The number of hydrogen-bond acceptors (Lipinski definition) is 6. The molecule has 1 N–H and O–H groups in total. The highest BCUT2D eigenvalue weighted by atomic mass is 16.6. The highest BCUT2D eigenvalue weighted by Gasteiger charge is 2.45. The van der Waals surface area contributed by atoms with E-state index in [4.69, 9.17) is 0 Å². The van der Waals surface area contributed by atoms with Crippen molar-refractivity contribution in [2.75, 3.05) is 5.43 Å². The lowest BCUT2D eigenvalue weighted by molar-refractivity contribution is -0.393. The summed E-state index contributed by atoms with van der Waals surface area (Å²) in [7, 11) is 0. The largest absolute Gasteiger partial charge is 0.301 e. The second kappa shape index (κ2) is 7.48. The Bertz CT molecular complexity index is 824. The first-order valence-electron chi connectivity index (χ1n) is 10.2. The zero-order valence-corrected chi connectivity index (χ0v) is 16.0. The summed E-state index contributed by atoms with van der Waals surface area (Å²) >= 11 is 0. The molecule has 1 aromatic rings. The van der Waals surface area contributed by atoms with E-state index in [2.05, 4.69) is 17.5 Å². The van der Waals surface area contributed by atoms with E-state index in [0.29, 0.717) is 17.8 Å². The summed E-state index contributed by atoms with van der Waals surface area (Å²) in [6, 6.07) is 3.63. The molecule has 0 heterocycles. The summed E-state index contributed by atoms with van der Waals surface area (Å²) in [5.74, 6) is 3.39. The molecule has 8 nitrogen and oxygen atoms in total. The van der Waals surface area contributed by atoms with Gasteiger partial charge in [-0.2, -0.15) is 5.10 Å². The number of non-ortho nitro benzene ring substituents is 1. The molecule has 5 atom stereocenters. The third-order valence-corrected chi connectivity index (χ3v) is 6.97. The fraction of sp³-hybridized carbons (Fsp3) is 0.650. The van der Waals surface area contributed by atoms with Crippen LogP contribution in [0.25, 0.3) is 0 Å². The highest BCUT2D eigenvalue weighted by molar-refractivity contribution is 5.89. The van der Waals surface area contributed by atoms with Crippen molar-refractivity contribution in [1.29, 1.82) is 0 Å². The zero-order valence-electron chi connectivity index (χ0n) is 16.0. The quantitative estimate of drug-likeness (QED) is 0.556. The molecule has 0 amide bonds. The number of benzene rings is 1. The van der Waals surface area contributed by atoms with Crippen molar-refractivity contribution in [1.82, 2.24) is 0 Å². The van der Waals surface area contributed by atoms with Gasteiger partial charge >= 0.3 is 5.69 Å². The number of nitrogens with one attached hydrogen (secondary N) is 1. The third kappa shape index (κ3) is 3.59. The molecule has 0 aliphatic heterocycles. The molecule has 0 saturated heterocycles. The molecule has 3 aliphatic carbocycles. The van der Waals surface area contributed by atoms with Crippen molar-refractivity contribution in [3.05, 3.63) is 38.4 Å². The lowest BCUT2D eigenvalue weighted by atomic mass is 9.70. The van der Waals surface area contributed by atoms with Gasteiger partial charge in [0.1, 0.15) is 5.69 Å². The van der Waals surface area contributed by atoms with E-state index in [-0.39, 0.29) is 17.1 Å². The Labute approximate surface area is 163 Å². The van der Waals surface area contributed by atoms with E-state index in [9.17, 15) is 20.2 Å². The molecule has 3 fully saturated rings. The number of rotatable bonds is 5. The Morgan fingerprint density at radius 3 is 2.54 bits per heavy atom. The van der Waals surface area contributed by atoms with Crippen molar-refractivity contribution in [3.63, 3.8) is 0 Å². The van der Waals surface area contributed by atoms with Crippen molar-refractivity contribution < 1.29 is 9.85 Å². The van der Waals surface area contributed by atoms with Crippen LogP contribution in [0.3, 0.4) is 0 Å². The SMILES string of the molecule is C[C@@H]1CC[C@@H]([C@@H]2C[C@@H]3CC[C@@H]2C3)/C(=N\Nc2ccc([N+](=O)[O-])cc2[N+](=O)[O-])C1. The Hall–Kier alpha value is -2.51. The van der Waals surface area contributed by atoms with Crippen LogP contribution in [-0.2, 0) is 0 Å². The smallest absolute Gasteiger partial charge is 0.272 e. The van der Waals surface area contributed by atoms with Gasteiger partial charge in [-0.3, -0.25) is 25.7 Å². The topological polar surface area (TPSA) is 111 Å². The molecule has 0 unspecified atom stereocenters. The van der Waals surface area contributed by atoms with E-state index >= 15 is 0 Å². The predicted molar refractivity (Wildman–Crippen MR) is 106 cm³/mol. The van der Waals surface area contributed by atoms with Crippen LogP contribution in [0.15, 0.2) is 23.3 Å². The molecule has 1 aromatic carbocycles. The number of fused-ring (bicyclic) bond motifs is 2. The lowest BCUT2D eigenvalue weighted by Gasteiger charge is -2.36. The highest BCUT2D eigenvalue weighted by Crippen LogP contribution is 2.53. The first kappa shape index (κ1) is 18.8. The summed E-state index contributed by atoms with van der Waals surface area (Å²) in [6.45, 7) is 2.22. The third-order valence-electron chi connectivity index (χ3n) is 6.97. The average Bonchev–Trinajstić information content (AvgIpc) is 3.29. The molecule has 0 spiro atoms. The number of nitro groups is 2. The lowest BCUT2D eigenvalue weighted by Crippen LogP contribution is -2.33. The Morgan fingerprint density at radius 1 is 1.07 bits per heavy atom. The number of hydrazone groups is 1. The first-order chi connectivity index (χ1) is 13.4. The summed E-state index contributed by atoms with van der Waals surface area (Å²) in [4.78, 5) is 21.0. The normalized spacial score (nSPS) is 33.2. The summed E-state index contributed by atoms with van der Waals surface area (Å²) < 4.78 is 0. The van der Waals surface area contributed by atoms with Gasteiger partial charge in [0.05, 0.1) is 15.9 Å². The molecule has 0 aromatic heterocycles. The Kier molecular flexibility index (Phi) is 5.03. The van der Waals surface area contributed by atoms with Crippen molar-refractivity contribution in [3.8, 4) is 0 Å². The van der Waals surface area contributed by atoms with Crippen molar-refractivity contribution >= 4 is 22.8 Å². The number of nitro benzene ring substituents is 2. The van der Waals surface area contributed by atoms with Gasteiger partial charge in [-0.15, -0.1) is 0 Å². The number of anilines is 1. The van der Waals surface area contributed by atoms with Gasteiger partial charge in [0.15, 0.2) is 0 Å². The van der Waals surface area contributed by atoms with Crippen LogP contribution in [0.2, 0.25) is 0 Å². The van der Waals surface area contributed by atoms with E-state index in [0.717, 1.165) is 36.5 Å². The van der Waals surface area contributed by atoms with Gasteiger partial charge in [0.25, 0.3) is 5.69 Å². The maximum Gasteiger partial charge on any atom is 0.301 e. The van der Waals surface area contributed by atoms with Gasteiger partial charge in [0.2, 0.25) is 0 Å². The van der Waals surface area contributed by atoms with Crippen LogP contribution in [-0.4, -0.2) is 15.6 Å².